The van der Waals surface area contributed by atoms with Crippen LogP contribution in [0.4, 0.5) is 16.2 Å². The van der Waals surface area contributed by atoms with Crippen molar-refractivity contribution in [1.29, 1.82) is 0 Å². The van der Waals surface area contributed by atoms with E-state index in [1.165, 1.54) is 0 Å². The first kappa shape index (κ1) is 15.9. The summed E-state index contributed by atoms with van der Waals surface area (Å²) < 4.78 is 15.9. The fourth-order valence-corrected chi connectivity index (χ4v) is 2.53. The van der Waals surface area contributed by atoms with E-state index in [2.05, 4.69) is 20.8 Å². The number of hydrogen-bond donors (Lipinski definition) is 2. The molecule has 3 aromatic rings. The number of hydrogen-bond acceptors (Lipinski definition) is 6. The summed E-state index contributed by atoms with van der Waals surface area (Å²) in [7, 11) is 0. The van der Waals surface area contributed by atoms with Crippen LogP contribution in [0.2, 0.25) is 0 Å². The van der Waals surface area contributed by atoms with Crippen LogP contribution in [0.3, 0.4) is 0 Å². The summed E-state index contributed by atoms with van der Waals surface area (Å²) in [4.78, 5) is 16.3. The number of nitrogens with zero attached hydrogens (tertiary/aromatic N) is 2. The van der Waals surface area contributed by atoms with Gasteiger partial charge in [0.1, 0.15) is 13.2 Å². The highest BCUT2D eigenvalue weighted by Crippen LogP contribution is 2.32. The van der Waals surface area contributed by atoms with Crippen molar-refractivity contribution in [3.63, 3.8) is 0 Å². The van der Waals surface area contributed by atoms with Crippen LogP contribution in [0, 0.1) is 6.92 Å². The van der Waals surface area contributed by atoms with Crippen molar-refractivity contribution in [3.8, 4) is 22.9 Å². The fraction of sp³-hybridized carbons (Fsp3) is 0.167. The van der Waals surface area contributed by atoms with Crippen LogP contribution >= 0.6 is 0 Å². The Morgan fingerprint density at radius 2 is 1.65 bits per heavy atom. The summed E-state index contributed by atoms with van der Waals surface area (Å²) in [6, 6.07) is 12.1. The van der Waals surface area contributed by atoms with Gasteiger partial charge >= 0.3 is 6.03 Å². The Bertz CT molecular complexity index is 937. The number of rotatable bonds is 3. The highest BCUT2D eigenvalue weighted by atomic mass is 16.6. The van der Waals surface area contributed by atoms with Crippen molar-refractivity contribution < 1.29 is 18.8 Å². The Hall–Kier alpha value is -3.55. The van der Waals surface area contributed by atoms with E-state index in [-0.39, 0.29) is 6.03 Å². The van der Waals surface area contributed by atoms with E-state index in [1.54, 1.807) is 37.3 Å². The van der Waals surface area contributed by atoms with E-state index >= 15 is 0 Å². The second kappa shape index (κ2) is 6.75. The van der Waals surface area contributed by atoms with Crippen molar-refractivity contribution in [2.75, 3.05) is 23.8 Å². The zero-order valence-corrected chi connectivity index (χ0v) is 14.0. The third kappa shape index (κ3) is 3.44. The third-order valence-electron chi connectivity index (χ3n) is 3.73. The minimum absolute atomic E-state index is 0.357. The molecule has 4 rings (SSSR count). The van der Waals surface area contributed by atoms with Gasteiger partial charge in [-0.15, -0.1) is 0 Å². The molecule has 0 radical (unpaired) electrons. The average Bonchev–Trinajstić information content (AvgIpc) is 3.08. The Labute approximate surface area is 149 Å². The first-order valence-electron chi connectivity index (χ1n) is 8.06. The quantitative estimate of drug-likeness (QED) is 0.749. The molecule has 2 N–H and O–H groups in total. The number of aryl methyl sites for hydroxylation is 1. The Balaban J connectivity index is 1.40. The van der Waals surface area contributed by atoms with E-state index in [0.29, 0.717) is 47.8 Å². The largest absolute Gasteiger partial charge is 0.486 e. The molecule has 0 saturated carbocycles. The molecule has 26 heavy (non-hydrogen) atoms. The van der Waals surface area contributed by atoms with Gasteiger partial charge in [-0.2, -0.15) is 4.98 Å². The van der Waals surface area contributed by atoms with Gasteiger partial charge in [-0.1, -0.05) is 5.16 Å². The Kier molecular flexibility index (Phi) is 4.14. The summed E-state index contributed by atoms with van der Waals surface area (Å²) in [6.45, 7) is 2.75. The summed E-state index contributed by atoms with van der Waals surface area (Å²) in [5.74, 6) is 2.30. The molecule has 2 heterocycles. The number of aromatic nitrogens is 2. The van der Waals surface area contributed by atoms with Crippen LogP contribution in [0.5, 0.6) is 11.5 Å². The van der Waals surface area contributed by atoms with Gasteiger partial charge in [-0.05, 0) is 36.4 Å². The second-order valence-electron chi connectivity index (χ2n) is 5.65. The molecular formula is C18H16N4O4. The van der Waals surface area contributed by atoms with E-state index in [9.17, 15) is 4.79 Å². The summed E-state index contributed by atoms with van der Waals surface area (Å²) >= 11 is 0. The van der Waals surface area contributed by atoms with Crippen LogP contribution in [0.25, 0.3) is 11.4 Å². The van der Waals surface area contributed by atoms with Crippen LogP contribution in [0.15, 0.2) is 47.0 Å². The van der Waals surface area contributed by atoms with E-state index < -0.39 is 0 Å². The van der Waals surface area contributed by atoms with Crippen LogP contribution in [-0.4, -0.2) is 29.4 Å². The van der Waals surface area contributed by atoms with Gasteiger partial charge in [0, 0.05) is 29.9 Å². The topological polar surface area (TPSA) is 98.5 Å². The lowest BCUT2D eigenvalue weighted by atomic mass is 10.2. The summed E-state index contributed by atoms with van der Waals surface area (Å²) in [6.07, 6.45) is 0. The fourth-order valence-electron chi connectivity index (χ4n) is 2.53. The standard InChI is InChI=1S/C18H16N4O4/c1-11-19-17(22-26-11)12-2-4-13(5-3-12)20-18(23)21-14-6-7-15-16(10-14)25-9-8-24-15/h2-7,10H,8-9H2,1H3,(H2,20,21,23). The molecule has 0 saturated heterocycles. The SMILES string of the molecule is Cc1nc(-c2ccc(NC(=O)Nc3ccc4c(c3)OCCO4)cc2)no1. The normalized spacial score (nSPS) is 12.5. The lowest BCUT2D eigenvalue weighted by molar-refractivity contribution is 0.171. The minimum Gasteiger partial charge on any atom is -0.486 e. The smallest absolute Gasteiger partial charge is 0.323 e. The predicted octanol–water partition coefficient (Wildman–Crippen LogP) is 3.46. The average molecular weight is 352 g/mol. The molecule has 1 aliphatic heterocycles. The van der Waals surface area contributed by atoms with Gasteiger partial charge in [-0.25, -0.2) is 4.79 Å². The molecule has 2 aromatic carbocycles. The predicted molar refractivity (Wildman–Crippen MR) is 94.5 cm³/mol. The van der Waals surface area contributed by atoms with Crippen LogP contribution in [0.1, 0.15) is 5.89 Å². The van der Waals surface area contributed by atoms with Crippen molar-refractivity contribution >= 4 is 17.4 Å². The molecule has 0 aliphatic carbocycles. The van der Waals surface area contributed by atoms with Crippen molar-refractivity contribution in [1.82, 2.24) is 10.1 Å². The second-order valence-corrected chi connectivity index (χ2v) is 5.65. The molecule has 1 aliphatic rings. The number of amides is 2. The lowest BCUT2D eigenvalue weighted by Crippen LogP contribution is -2.20. The maximum absolute atomic E-state index is 12.2. The molecule has 8 nitrogen and oxygen atoms in total. The minimum atomic E-state index is -0.357. The molecule has 2 amide bonds. The van der Waals surface area contributed by atoms with Crippen molar-refractivity contribution in [3.05, 3.63) is 48.4 Å². The number of anilines is 2. The number of ether oxygens (including phenoxy) is 2. The van der Waals surface area contributed by atoms with Gasteiger partial charge in [0.2, 0.25) is 11.7 Å². The molecular weight excluding hydrogens is 336 g/mol. The monoisotopic (exact) mass is 352 g/mol. The number of urea groups is 1. The number of carbonyl (C=O) groups is 1. The number of fused-ring (bicyclic) bond motifs is 1. The highest BCUT2D eigenvalue weighted by Gasteiger charge is 2.13. The van der Waals surface area contributed by atoms with Crippen LogP contribution < -0.4 is 20.1 Å². The molecule has 8 heteroatoms. The van der Waals surface area contributed by atoms with Crippen molar-refractivity contribution in [2.24, 2.45) is 0 Å². The summed E-state index contributed by atoms with van der Waals surface area (Å²) in [5, 5.41) is 9.39. The maximum atomic E-state index is 12.2. The van der Waals surface area contributed by atoms with Gasteiger partial charge in [0.15, 0.2) is 11.5 Å². The summed E-state index contributed by atoms with van der Waals surface area (Å²) in [5.41, 5.74) is 2.06. The van der Waals surface area contributed by atoms with Gasteiger partial charge in [-0.3, -0.25) is 0 Å². The zero-order valence-electron chi connectivity index (χ0n) is 14.0. The number of carbonyl (C=O) groups excluding carboxylic acids is 1. The number of nitrogens with one attached hydrogen (secondary N) is 2. The van der Waals surface area contributed by atoms with E-state index in [0.717, 1.165) is 5.56 Å². The van der Waals surface area contributed by atoms with Crippen LogP contribution in [-0.2, 0) is 0 Å². The maximum Gasteiger partial charge on any atom is 0.323 e. The molecule has 1 aromatic heterocycles. The Morgan fingerprint density at radius 3 is 2.38 bits per heavy atom. The molecule has 0 unspecified atom stereocenters. The molecule has 0 atom stereocenters. The third-order valence-corrected chi connectivity index (χ3v) is 3.73. The Morgan fingerprint density at radius 1 is 0.962 bits per heavy atom. The first-order valence-corrected chi connectivity index (χ1v) is 8.06. The van der Waals surface area contributed by atoms with Crippen molar-refractivity contribution in [2.45, 2.75) is 6.92 Å². The zero-order chi connectivity index (χ0) is 17.9. The molecule has 0 bridgehead atoms. The molecule has 132 valence electrons. The van der Waals surface area contributed by atoms with Gasteiger partial charge < -0.3 is 24.6 Å². The van der Waals surface area contributed by atoms with E-state index in [1.807, 2.05) is 12.1 Å². The molecule has 0 spiro atoms. The van der Waals surface area contributed by atoms with Gasteiger partial charge in [0.25, 0.3) is 0 Å². The number of benzene rings is 2. The highest BCUT2D eigenvalue weighted by molar-refractivity contribution is 6.00. The lowest BCUT2D eigenvalue weighted by Gasteiger charge is -2.19. The van der Waals surface area contributed by atoms with E-state index in [4.69, 9.17) is 14.0 Å². The first-order chi connectivity index (χ1) is 12.7. The van der Waals surface area contributed by atoms with Gasteiger partial charge in [0.05, 0.1) is 0 Å². The molecule has 0 fully saturated rings.